The van der Waals surface area contributed by atoms with Crippen LogP contribution < -0.4 is 57.4 Å². The molecule has 1 aliphatic heterocycles. The van der Waals surface area contributed by atoms with Crippen LogP contribution in [0.25, 0.3) is 21.8 Å². The van der Waals surface area contributed by atoms with Crippen LogP contribution in [0.1, 0.15) is 56.8 Å². The average Bonchev–Trinajstić information content (AvgIpc) is 3.97. The molecule has 0 unspecified atom stereocenters. The molecule has 0 saturated carbocycles. The Balaban J connectivity index is 0.000000205. The molecule has 7 aromatic rings. The number of nitrogens with one attached hydrogen (secondary N) is 4. The molecule has 4 amide bonds. The summed E-state index contributed by atoms with van der Waals surface area (Å²) in [6, 6.07) is 18.9. The molecular weight excluding hydrogens is 885 g/mol. The lowest BCUT2D eigenvalue weighted by Crippen LogP contribution is -2.34. The number of carbonyl (C=O) groups is 3. The van der Waals surface area contributed by atoms with Crippen LogP contribution in [0.5, 0.6) is 23.0 Å². The number of benzene rings is 4. The third-order valence-corrected chi connectivity index (χ3v) is 11.7. The lowest BCUT2D eigenvalue weighted by molar-refractivity contribution is 0.0992. The molecule has 69 heavy (non-hydrogen) atoms. The van der Waals surface area contributed by atoms with E-state index in [1.165, 1.54) is 17.1 Å². The maximum absolute atomic E-state index is 12.3. The first-order valence-corrected chi connectivity index (χ1v) is 22.1. The molecular formula is C48H56N14O7. The number of urea groups is 1. The van der Waals surface area contributed by atoms with Gasteiger partial charge in [-0.3, -0.25) is 19.6 Å². The van der Waals surface area contributed by atoms with E-state index in [0.29, 0.717) is 95.3 Å². The highest BCUT2D eigenvalue weighted by atomic mass is 16.5. The fraction of sp³-hybridized carbons (Fsp3) is 0.292. The molecule has 1 aliphatic rings. The average molecular weight is 941 g/mol. The highest BCUT2D eigenvalue weighted by Gasteiger charge is 2.22. The Labute approximate surface area is 398 Å². The van der Waals surface area contributed by atoms with Crippen molar-refractivity contribution in [2.75, 3.05) is 71.0 Å². The van der Waals surface area contributed by atoms with Crippen molar-refractivity contribution in [1.29, 1.82) is 0 Å². The number of nitrogens with two attached hydrogens (primary N) is 3. The fourth-order valence-corrected chi connectivity index (χ4v) is 8.25. The number of hydrogen-bond acceptors (Lipinski definition) is 16. The van der Waals surface area contributed by atoms with E-state index < -0.39 is 11.8 Å². The van der Waals surface area contributed by atoms with Crippen LogP contribution in [-0.2, 0) is 25.9 Å². The molecule has 0 atom stereocenters. The fourth-order valence-electron chi connectivity index (χ4n) is 8.25. The number of amides is 4. The summed E-state index contributed by atoms with van der Waals surface area (Å²) in [5, 5.41) is 25.8. The summed E-state index contributed by atoms with van der Waals surface area (Å²) in [5.74, 6) is 1.16. The van der Waals surface area contributed by atoms with Gasteiger partial charge in [0.1, 0.15) is 0 Å². The first kappa shape index (κ1) is 48.5. The lowest BCUT2D eigenvalue weighted by Gasteiger charge is -2.19. The summed E-state index contributed by atoms with van der Waals surface area (Å²) in [5.41, 5.74) is 26.1. The molecule has 0 radical (unpaired) electrons. The van der Waals surface area contributed by atoms with Gasteiger partial charge in [0.05, 0.1) is 68.5 Å². The molecule has 3 aromatic heterocycles. The molecule has 10 N–H and O–H groups in total. The molecule has 0 bridgehead atoms. The van der Waals surface area contributed by atoms with Gasteiger partial charge in [0.15, 0.2) is 23.0 Å². The van der Waals surface area contributed by atoms with Crippen LogP contribution in [0.2, 0.25) is 0 Å². The summed E-state index contributed by atoms with van der Waals surface area (Å²) < 4.78 is 23.2. The Hall–Kier alpha value is -8.46. The van der Waals surface area contributed by atoms with Crippen molar-refractivity contribution in [3.8, 4) is 23.0 Å². The number of methoxy groups -OCH3 is 4. The minimum Gasteiger partial charge on any atom is -0.493 e. The van der Waals surface area contributed by atoms with Gasteiger partial charge in [0, 0.05) is 79.4 Å². The maximum atomic E-state index is 12.3. The van der Waals surface area contributed by atoms with Gasteiger partial charge in [-0.1, -0.05) is 43.2 Å². The van der Waals surface area contributed by atoms with Crippen molar-refractivity contribution < 1.29 is 33.3 Å². The maximum Gasteiger partial charge on any atom is 0.317 e. The van der Waals surface area contributed by atoms with Crippen molar-refractivity contribution in [2.24, 2.45) is 11.5 Å². The number of pyridine rings is 2. The Morgan fingerprint density at radius 1 is 0.739 bits per heavy atom. The first-order valence-electron chi connectivity index (χ1n) is 22.1. The lowest BCUT2D eigenvalue weighted by atomic mass is 10.0. The highest BCUT2D eigenvalue weighted by Crippen LogP contribution is 2.40. The number of rotatable bonds is 19. The standard InChI is InChI=1S/C26H32N6O4.C22H24N8O3/c1-4-17-16(14-28-8-10-32-11-9-29-26(32)34)6-5-7-20(17)31-24-18-12-22(35-2)23(36-3)13-21(18)30-15-19(24)25(27)33;1-4-13-12(11-30-22(24)27-28-29-30)6-5-7-16(13)26-20-14-8-18(32-2)19(33-3)9-17(14)25-10-15(20)21(23)31/h5-7,12-13,15,28H,4,8-11,14H2,1-3H3,(H2,27,33)(H,29,34)(H,30,31);5-10H,4,11H2,1-3H3,(H2,23,31)(H,25,26)(H2,24,27,29). The van der Waals surface area contributed by atoms with Crippen molar-refractivity contribution in [2.45, 2.75) is 39.8 Å². The third-order valence-electron chi connectivity index (χ3n) is 11.7. The molecule has 0 aliphatic carbocycles. The molecule has 1 fully saturated rings. The van der Waals surface area contributed by atoms with Crippen molar-refractivity contribution in [3.05, 3.63) is 106 Å². The van der Waals surface area contributed by atoms with E-state index in [0.717, 1.165) is 46.6 Å². The van der Waals surface area contributed by atoms with E-state index in [9.17, 15) is 14.4 Å². The number of aromatic nitrogens is 6. The normalized spacial score (nSPS) is 12.0. The topological polar surface area (TPSA) is 287 Å². The zero-order valence-corrected chi connectivity index (χ0v) is 39.3. The Kier molecular flexibility index (Phi) is 15.4. The second-order valence-corrected chi connectivity index (χ2v) is 15.7. The number of hydrogen-bond donors (Lipinski definition) is 7. The van der Waals surface area contributed by atoms with Gasteiger partial charge < -0.3 is 62.3 Å². The van der Waals surface area contributed by atoms with Crippen LogP contribution in [0.15, 0.2) is 73.1 Å². The smallest absolute Gasteiger partial charge is 0.317 e. The number of anilines is 5. The van der Waals surface area contributed by atoms with Gasteiger partial charge in [-0.15, -0.1) is 0 Å². The van der Waals surface area contributed by atoms with Crippen LogP contribution in [0.4, 0.5) is 33.5 Å². The van der Waals surface area contributed by atoms with Gasteiger partial charge in [-0.05, 0) is 69.8 Å². The summed E-state index contributed by atoms with van der Waals surface area (Å²) in [7, 11) is 6.22. The molecule has 4 heterocycles. The van der Waals surface area contributed by atoms with E-state index in [1.54, 1.807) is 57.6 Å². The van der Waals surface area contributed by atoms with E-state index in [1.807, 2.05) is 37.3 Å². The number of primary amides is 2. The van der Waals surface area contributed by atoms with Gasteiger partial charge in [-0.2, -0.15) is 0 Å². The molecule has 0 spiro atoms. The number of nitrogens with zero attached hydrogens (tertiary/aromatic N) is 7. The predicted molar refractivity (Wildman–Crippen MR) is 263 cm³/mol. The van der Waals surface area contributed by atoms with Crippen LogP contribution in [0.3, 0.4) is 0 Å². The highest BCUT2D eigenvalue weighted by molar-refractivity contribution is 6.09. The minimum atomic E-state index is -0.600. The van der Waals surface area contributed by atoms with Crippen molar-refractivity contribution >= 4 is 68.3 Å². The number of fused-ring (bicyclic) bond motifs is 2. The zero-order chi connectivity index (χ0) is 49.2. The largest absolute Gasteiger partial charge is 0.493 e. The summed E-state index contributed by atoms with van der Waals surface area (Å²) in [6.07, 6.45) is 4.42. The second-order valence-electron chi connectivity index (χ2n) is 15.7. The van der Waals surface area contributed by atoms with E-state index in [2.05, 4.69) is 59.8 Å². The molecule has 360 valence electrons. The summed E-state index contributed by atoms with van der Waals surface area (Å²) >= 11 is 0. The van der Waals surface area contributed by atoms with E-state index in [4.69, 9.17) is 36.1 Å². The van der Waals surface area contributed by atoms with Gasteiger partial charge in [-0.25, -0.2) is 9.48 Å². The van der Waals surface area contributed by atoms with E-state index >= 15 is 0 Å². The van der Waals surface area contributed by atoms with Gasteiger partial charge >= 0.3 is 6.03 Å². The van der Waals surface area contributed by atoms with Crippen LogP contribution >= 0.6 is 0 Å². The van der Waals surface area contributed by atoms with E-state index in [-0.39, 0.29) is 23.1 Å². The number of carbonyl (C=O) groups excluding carboxylic acids is 3. The number of ether oxygens (including phenoxy) is 4. The number of nitrogen functional groups attached to an aromatic ring is 1. The van der Waals surface area contributed by atoms with Gasteiger partial charge in [0.25, 0.3) is 11.8 Å². The molecule has 1 saturated heterocycles. The van der Waals surface area contributed by atoms with Crippen LogP contribution in [0, 0.1) is 0 Å². The number of tetrazole rings is 1. The molecule has 4 aromatic carbocycles. The zero-order valence-electron chi connectivity index (χ0n) is 39.3. The Morgan fingerprint density at radius 3 is 1.70 bits per heavy atom. The third kappa shape index (κ3) is 10.6. The second kappa shape index (κ2) is 21.9. The molecule has 8 rings (SSSR count). The molecule has 21 nitrogen and oxygen atoms in total. The van der Waals surface area contributed by atoms with Crippen LogP contribution in [-0.4, -0.2) is 108 Å². The first-order chi connectivity index (χ1) is 33.4. The summed E-state index contributed by atoms with van der Waals surface area (Å²) in [6.45, 7) is 7.97. The molecule has 21 heteroatoms. The summed E-state index contributed by atoms with van der Waals surface area (Å²) in [4.78, 5) is 46.9. The minimum absolute atomic E-state index is 0.0127. The predicted octanol–water partition coefficient (Wildman–Crippen LogP) is 5.05. The Morgan fingerprint density at radius 2 is 1.25 bits per heavy atom. The van der Waals surface area contributed by atoms with Gasteiger partial charge in [0.2, 0.25) is 5.95 Å². The SMILES string of the molecule is CCc1c(CNCCN2CCNC2=O)cccc1Nc1c(C(N)=O)cnc2cc(OC)c(OC)cc12.CCc1c(Cn2nnnc2N)cccc1Nc1c(C(N)=O)cnc2cc(OC)c(OC)cc12. The Bertz CT molecular complexity index is 3020. The monoisotopic (exact) mass is 940 g/mol. The quantitative estimate of drug-likeness (QED) is 0.0523. The van der Waals surface area contributed by atoms with Crippen molar-refractivity contribution in [3.63, 3.8) is 0 Å². The van der Waals surface area contributed by atoms with Crippen molar-refractivity contribution in [1.82, 2.24) is 45.7 Å².